The zero-order valence-electron chi connectivity index (χ0n) is 8.48. The monoisotopic (exact) mass is 191 g/mol. The molecule has 0 aliphatic rings. The molecular formula is C12H17NO. The van der Waals surface area contributed by atoms with Gasteiger partial charge in [0.25, 0.3) is 0 Å². The van der Waals surface area contributed by atoms with Crippen LogP contribution < -0.4 is 5.73 Å². The number of phenols is 1. The van der Waals surface area contributed by atoms with Crippen LogP contribution in [0, 0.1) is 5.92 Å². The molecule has 2 atom stereocenters. The maximum absolute atomic E-state index is 9.35. The molecule has 0 aliphatic carbocycles. The number of hydrogen-bond donors (Lipinski definition) is 2. The molecule has 0 saturated carbocycles. The molecule has 2 heteroatoms. The lowest BCUT2D eigenvalue weighted by molar-refractivity contribution is 0.471. The first-order chi connectivity index (χ1) is 6.69. The third-order valence-electron chi connectivity index (χ3n) is 2.49. The summed E-state index contributed by atoms with van der Waals surface area (Å²) in [4.78, 5) is 0. The topological polar surface area (TPSA) is 46.2 Å². The Balaban J connectivity index is 2.94. The lowest BCUT2D eigenvalue weighted by atomic mass is 9.87. The summed E-state index contributed by atoms with van der Waals surface area (Å²) in [5.74, 6) is 0.847. The van der Waals surface area contributed by atoms with Crippen LogP contribution in [-0.2, 0) is 0 Å². The molecule has 0 bridgehead atoms. The third-order valence-corrected chi connectivity index (χ3v) is 2.49. The molecule has 0 unspecified atom stereocenters. The molecule has 0 saturated heterocycles. The van der Waals surface area contributed by atoms with Crippen LogP contribution in [0.5, 0.6) is 5.75 Å². The first-order valence-corrected chi connectivity index (χ1v) is 4.80. The van der Waals surface area contributed by atoms with Crippen molar-refractivity contribution in [2.45, 2.75) is 12.8 Å². The molecule has 76 valence electrons. The number of nitrogens with two attached hydrogens (primary N) is 1. The van der Waals surface area contributed by atoms with Gasteiger partial charge in [-0.15, -0.1) is 6.58 Å². The second-order valence-electron chi connectivity index (χ2n) is 3.57. The average Bonchev–Trinajstić information content (AvgIpc) is 2.19. The van der Waals surface area contributed by atoms with Crippen molar-refractivity contribution in [2.24, 2.45) is 11.7 Å². The number of allylic oxidation sites excluding steroid dienone is 1. The van der Waals surface area contributed by atoms with Crippen molar-refractivity contribution in [2.75, 3.05) is 6.54 Å². The molecule has 0 aromatic heterocycles. The summed E-state index contributed by atoms with van der Waals surface area (Å²) in [5.41, 5.74) is 6.68. The predicted molar refractivity (Wildman–Crippen MR) is 59.3 cm³/mol. The summed E-state index contributed by atoms with van der Waals surface area (Å²) in [6, 6.07) is 7.25. The Morgan fingerprint density at radius 3 is 2.79 bits per heavy atom. The SMILES string of the molecule is C=C[C@@H](c1cccc(O)c1)[C@@H](C)CN. The second kappa shape index (κ2) is 4.82. The van der Waals surface area contributed by atoms with Crippen molar-refractivity contribution in [1.29, 1.82) is 0 Å². The summed E-state index contributed by atoms with van der Waals surface area (Å²) < 4.78 is 0. The number of phenolic OH excluding ortho intramolecular Hbond substituents is 1. The van der Waals surface area contributed by atoms with Crippen LogP contribution in [0.1, 0.15) is 18.4 Å². The van der Waals surface area contributed by atoms with Crippen LogP contribution >= 0.6 is 0 Å². The number of hydrogen-bond acceptors (Lipinski definition) is 2. The van der Waals surface area contributed by atoms with Crippen LogP contribution in [0.4, 0.5) is 0 Å². The first-order valence-electron chi connectivity index (χ1n) is 4.80. The Hall–Kier alpha value is -1.28. The smallest absolute Gasteiger partial charge is 0.115 e. The van der Waals surface area contributed by atoms with E-state index in [1.807, 2.05) is 18.2 Å². The normalized spacial score (nSPS) is 14.7. The molecule has 0 spiro atoms. The Morgan fingerprint density at radius 1 is 1.57 bits per heavy atom. The Kier molecular flexibility index (Phi) is 3.72. The minimum absolute atomic E-state index is 0.215. The van der Waals surface area contributed by atoms with E-state index in [0.717, 1.165) is 5.56 Å². The lowest BCUT2D eigenvalue weighted by Crippen LogP contribution is -2.17. The van der Waals surface area contributed by atoms with Crippen molar-refractivity contribution in [3.8, 4) is 5.75 Å². The molecule has 2 nitrogen and oxygen atoms in total. The summed E-state index contributed by atoms with van der Waals surface area (Å²) in [6.45, 7) is 6.50. The minimum atomic E-state index is 0.215. The van der Waals surface area contributed by atoms with E-state index < -0.39 is 0 Å². The van der Waals surface area contributed by atoms with Gasteiger partial charge in [-0.25, -0.2) is 0 Å². The summed E-state index contributed by atoms with van der Waals surface area (Å²) in [6.07, 6.45) is 1.88. The van der Waals surface area contributed by atoms with Gasteiger partial charge in [0.1, 0.15) is 5.75 Å². The van der Waals surface area contributed by atoms with Gasteiger partial charge in [0, 0.05) is 5.92 Å². The third kappa shape index (κ3) is 2.36. The molecule has 0 amide bonds. The molecule has 0 radical (unpaired) electrons. The van der Waals surface area contributed by atoms with Gasteiger partial charge in [0.05, 0.1) is 0 Å². The Morgan fingerprint density at radius 2 is 2.29 bits per heavy atom. The standard InChI is InChI=1S/C12H17NO/c1-3-12(9(2)8-13)10-5-4-6-11(14)7-10/h3-7,9,12,14H,1,8,13H2,2H3/t9-,12+/m0/s1. The highest BCUT2D eigenvalue weighted by molar-refractivity contribution is 5.32. The Labute approximate surface area is 85.1 Å². The highest BCUT2D eigenvalue weighted by Crippen LogP contribution is 2.27. The van der Waals surface area contributed by atoms with Crippen LogP contribution in [0.2, 0.25) is 0 Å². The first kappa shape index (κ1) is 10.8. The van der Waals surface area contributed by atoms with E-state index in [-0.39, 0.29) is 5.92 Å². The molecule has 1 aromatic carbocycles. The van der Waals surface area contributed by atoms with Crippen LogP contribution in [0.15, 0.2) is 36.9 Å². The van der Waals surface area contributed by atoms with Gasteiger partial charge >= 0.3 is 0 Å². The van der Waals surface area contributed by atoms with E-state index in [1.54, 1.807) is 12.1 Å². The summed E-state index contributed by atoms with van der Waals surface area (Å²) in [5, 5.41) is 9.35. The zero-order chi connectivity index (χ0) is 10.6. The molecule has 3 N–H and O–H groups in total. The fourth-order valence-electron chi connectivity index (χ4n) is 1.58. The van der Waals surface area contributed by atoms with Crippen molar-refractivity contribution < 1.29 is 5.11 Å². The summed E-state index contributed by atoms with van der Waals surface area (Å²) >= 11 is 0. The van der Waals surface area contributed by atoms with Gasteiger partial charge in [-0.05, 0) is 30.2 Å². The lowest BCUT2D eigenvalue weighted by Gasteiger charge is -2.19. The van der Waals surface area contributed by atoms with E-state index in [2.05, 4.69) is 13.5 Å². The van der Waals surface area contributed by atoms with Gasteiger partial charge in [-0.3, -0.25) is 0 Å². The van der Waals surface area contributed by atoms with E-state index >= 15 is 0 Å². The highest BCUT2D eigenvalue weighted by Gasteiger charge is 2.14. The predicted octanol–water partition coefficient (Wildman–Crippen LogP) is 2.26. The fourth-order valence-corrected chi connectivity index (χ4v) is 1.58. The number of benzene rings is 1. The van der Waals surface area contributed by atoms with Crippen LogP contribution in [0.3, 0.4) is 0 Å². The molecule has 0 fully saturated rings. The van der Waals surface area contributed by atoms with Crippen molar-refractivity contribution in [3.63, 3.8) is 0 Å². The molecule has 0 aliphatic heterocycles. The van der Waals surface area contributed by atoms with Gasteiger partial charge in [-0.1, -0.05) is 25.1 Å². The maximum Gasteiger partial charge on any atom is 0.115 e. The van der Waals surface area contributed by atoms with Crippen LogP contribution in [-0.4, -0.2) is 11.7 Å². The molecule has 1 aromatic rings. The largest absolute Gasteiger partial charge is 0.508 e. The summed E-state index contributed by atoms with van der Waals surface area (Å²) in [7, 11) is 0. The average molecular weight is 191 g/mol. The van der Waals surface area contributed by atoms with E-state index in [4.69, 9.17) is 5.73 Å². The molecule has 0 heterocycles. The van der Waals surface area contributed by atoms with Crippen molar-refractivity contribution in [1.82, 2.24) is 0 Å². The maximum atomic E-state index is 9.35. The van der Waals surface area contributed by atoms with E-state index in [1.165, 1.54) is 0 Å². The van der Waals surface area contributed by atoms with Gasteiger partial charge < -0.3 is 10.8 Å². The molecule has 1 rings (SSSR count). The number of rotatable bonds is 4. The minimum Gasteiger partial charge on any atom is -0.508 e. The van der Waals surface area contributed by atoms with E-state index in [0.29, 0.717) is 18.2 Å². The molecule has 14 heavy (non-hydrogen) atoms. The van der Waals surface area contributed by atoms with Crippen molar-refractivity contribution in [3.05, 3.63) is 42.5 Å². The van der Waals surface area contributed by atoms with Gasteiger partial charge in [0.2, 0.25) is 0 Å². The van der Waals surface area contributed by atoms with Crippen molar-refractivity contribution >= 4 is 0 Å². The quantitative estimate of drug-likeness (QED) is 0.717. The Bertz CT molecular complexity index is 309. The number of aromatic hydroxyl groups is 1. The van der Waals surface area contributed by atoms with Gasteiger partial charge in [0.15, 0.2) is 0 Å². The second-order valence-corrected chi connectivity index (χ2v) is 3.57. The molecular weight excluding hydrogens is 174 g/mol. The van der Waals surface area contributed by atoms with Crippen LogP contribution in [0.25, 0.3) is 0 Å². The van der Waals surface area contributed by atoms with Gasteiger partial charge in [-0.2, -0.15) is 0 Å². The zero-order valence-corrected chi connectivity index (χ0v) is 8.48. The fraction of sp³-hybridized carbons (Fsp3) is 0.333. The van der Waals surface area contributed by atoms with E-state index in [9.17, 15) is 5.11 Å². The highest BCUT2D eigenvalue weighted by atomic mass is 16.3.